The molecule has 1 heterocycles. The first kappa shape index (κ1) is 9.28. The fourth-order valence-corrected chi connectivity index (χ4v) is 2.50. The first-order valence-corrected chi connectivity index (χ1v) is 5.44. The Morgan fingerprint density at radius 3 is 2.44 bits per heavy atom. The predicted molar refractivity (Wildman–Crippen MR) is 69.1 cm³/mol. The lowest BCUT2D eigenvalue weighted by molar-refractivity contribution is 1.11. The van der Waals surface area contributed by atoms with Gasteiger partial charge in [-0.25, -0.2) is 0 Å². The molecule has 0 aliphatic heterocycles. The van der Waals surface area contributed by atoms with Crippen molar-refractivity contribution in [3.8, 4) is 0 Å². The molecule has 0 bridgehead atoms. The standard InChI is InChI=1S/C14H14N2/c1-9-5-4-8-12-13(9)11-7-3-6-10(2)14(11)16(12)15/h3-8H,15H2,1-2H3. The van der Waals surface area contributed by atoms with E-state index in [0.717, 1.165) is 11.0 Å². The Labute approximate surface area is 94.3 Å². The Bertz CT molecular complexity index is 693. The summed E-state index contributed by atoms with van der Waals surface area (Å²) >= 11 is 0. The number of aryl methyl sites for hydroxylation is 2. The summed E-state index contributed by atoms with van der Waals surface area (Å²) in [6.45, 7) is 4.23. The molecule has 0 saturated heterocycles. The fraction of sp³-hybridized carbons (Fsp3) is 0.143. The summed E-state index contributed by atoms with van der Waals surface area (Å²) < 4.78 is 1.80. The molecule has 0 radical (unpaired) electrons. The van der Waals surface area contributed by atoms with Crippen LogP contribution in [0, 0.1) is 13.8 Å². The molecular formula is C14H14N2. The zero-order valence-corrected chi connectivity index (χ0v) is 9.49. The molecule has 0 amide bonds. The number of nitrogens with two attached hydrogens (primary N) is 1. The van der Waals surface area contributed by atoms with Crippen LogP contribution in [0.3, 0.4) is 0 Å². The summed E-state index contributed by atoms with van der Waals surface area (Å²) in [5.41, 5.74) is 4.73. The smallest absolute Gasteiger partial charge is 0.0732 e. The molecule has 2 N–H and O–H groups in total. The zero-order chi connectivity index (χ0) is 11.3. The minimum absolute atomic E-state index is 1.10. The minimum atomic E-state index is 1.10. The Morgan fingerprint density at radius 1 is 0.938 bits per heavy atom. The molecule has 3 rings (SSSR count). The number of hydrogen-bond donors (Lipinski definition) is 1. The number of aromatic nitrogens is 1. The van der Waals surface area contributed by atoms with Crippen molar-refractivity contribution >= 4 is 21.8 Å². The van der Waals surface area contributed by atoms with Crippen molar-refractivity contribution in [1.29, 1.82) is 0 Å². The van der Waals surface area contributed by atoms with Crippen LogP contribution in [0.4, 0.5) is 0 Å². The van der Waals surface area contributed by atoms with Gasteiger partial charge in [-0.3, -0.25) is 4.68 Å². The Morgan fingerprint density at radius 2 is 1.62 bits per heavy atom. The highest BCUT2D eigenvalue weighted by atomic mass is 15.3. The van der Waals surface area contributed by atoms with Crippen molar-refractivity contribution in [3.63, 3.8) is 0 Å². The highest BCUT2D eigenvalue weighted by Crippen LogP contribution is 2.31. The summed E-state index contributed by atoms with van der Waals surface area (Å²) in [6.07, 6.45) is 0. The van der Waals surface area contributed by atoms with Gasteiger partial charge in [0, 0.05) is 10.8 Å². The SMILES string of the molecule is Cc1cccc2c1c1cccc(C)c1n2N. The molecule has 0 aliphatic rings. The van der Waals surface area contributed by atoms with Crippen molar-refractivity contribution in [1.82, 2.24) is 4.68 Å². The Kier molecular flexibility index (Phi) is 1.75. The van der Waals surface area contributed by atoms with Gasteiger partial charge in [-0.05, 0) is 31.0 Å². The maximum atomic E-state index is 6.16. The predicted octanol–water partition coefficient (Wildman–Crippen LogP) is 3.13. The van der Waals surface area contributed by atoms with Crippen LogP contribution in [0.1, 0.15) is 11.1 Å². The average molecular weight is 210 g/mol. The van der Waals surface area contributed by atoms with Gasteiger partial charge >= 0.3 is 0 Å². The molecule has 0 fully saturated rings. The van der Waals surface area contributed by atoms with Crippen LogP contribution < -0.4 is 5.84 Å². The van der Waals surface area contributed by atoms with Crippen LogP contribution >= 0.6 is 0 Å². The van der Waals surface area contributed by atoms with E-state index in [-0.39, 0.29) is 0 Å². The maximum absolute atomic E-state index is 6.16. The van der Waals surface area contributed by atoms with E-state index in [2.05, 4.69) is 50.2 Å². The van der Waals surface area contributed by atoms with E-state index in [1.165, 1.54) is 21.9 Å². The normalized spacial score (nSPS) is 11.4. The molecule has 0 unspecified atom stereocenters. The number of para-hydroxylation sites is 1. The second-order valence-corrected chi connectivity index (χ2v) is 4.31. The van der Waals surface area contributed by atoms with E-state index >= 15 is 0 Å². The highest BCUT2D eigenvalue weighted by molar-refractivity contribution is 6.10. The van der Waals surface area contributed by atoms with E-state index in [1.807, 2.05) is 0 Å². The van der Waals surface area contributed by atoms with E-state index in [0.29, 0.717) is 0 Å². The molecule has 3 aromatic rings. The van der Waals surface area contributed by atoms with E-state index in [4.69, 9.17) is 5.84 Å². The van der Waals surface area contributed by atoms with Crippen molar-refractivity contribution in [3.05, 3.63) is 47.5 Å². The minimum Gasteiger partial charge on any atom is -0.339 e. The fourth-order valence-electron chi connectivity index (χ4n) is 2.50. The summed E-state index contributed by atoms with van der Waals surface area (Å²) in [6, 6.07) is 12.6. The van der Waals surface area contributed by atoms with Crippen LogP contribution in [0.5, 0.6) is 0 Å². The molecule has 0 saturated carbocycles. The molecule has 16 heavy (non-hydrogen) atoms. The third-order valence-corrected chi connectivity index (χ3v) is 3.26. The average Bonchev–Trinajstić information content (AvgIpc) is 2.56. The lowest BCUT2D eigenvalue weighted by atomic mass is 10.1. The van der Waals surface area contributed by atoms with Gasteiger partial charge in [0.1, 0.15) is 0 Å². The van der Waals surface area contributed by atoms with Gasteiger partial charge in [0.25, 0.3) is 0 Å². The third-order valence-electron chi connectivity index (χ3n) is 3.26. The molecule has 0 aliphatic carbocycles. The number of fused-ring (bicyclic) bond motifs is 3. The molecule has 2 heteroatoms. The largest absolute Gasteiger partial charge is 0.339 e. The van der Waals surface area contributed by atoms with Crippen molar-refractivity contribution in [2.24, 2.45) is 0 Å². The van der Waals surface area contributed by atoms with Crippen LogP contribution in [0.2, 0.25) is 0 Å². The molecule has 1 aromatic heterocycles. The Hall–Kier alpha value is -1.96. The van der Waals surface area contributed by atoms with E-state index in [1.54, 1.807) is 4.68 Å². The van der Waals surface area contributed by atoms with Gasteiger partial charge in [-0.1, -0.05) is 30.3 Å². The second-order valence-electron chi connectivity index (χ2n) is 4.31. The van der Waals surface area contributed by atoms with Crippen molar-refractivity contribution in [2.75, 3.05) is 5.84 Å². The van der Waals surface area contributed by atoms with Crippen LogP contribution in [0.25, 0.3) is 21.8 Å². The molecule has 0 spiro atoms. The number of nitrogen functional groups attached to an aromatic ring is 1. The number of hydrogen-bond acceptors (Lipinski definition) is 1. The van der Waals surface area contributed by atoms with Gasteiger partial charge in [-0.15, -0.1) is 0 Å². The molecule has 2 nitrogen and oxygen atoms in total. The molecule has 2 aromatic carbocycles. The van der Waals surface area contributed by atoms with Crippen LogP contribution in [-0.2, 0) is 0 Å². The summed E-state index contributed by atoms with van der Waals surface area (Å²) in [7, 11) is 0. The quantitative estimate of drug-likeness (QED) is 0.568. The maximum Gasteiger partial charge on any atom is 0.0732 e. The molecular weight excluding hydrogens is 196 g/mol. The highest BCUT2D eigenvalue weighted by Gasteiger charge is 2.11. The number of benzene rings is 2. The van der Waals surface area contributed by atoms with Gasteiger partial charge in [0.15, 0.2) is 0 Å². The Balaban J connectivity index is 2.71. The molecule has 80 valence electrons. The van der Waals surface area contributed by atoms with E-state index in [9.17, 15) is 0 Å². The van der Waals surface area contributed by atoms with Gasteiger partial charge in [0.05, 0.1) is 11.0 Å². The van der Waals surface area contributed by atoms with Gasteiger partial charge < -0.3 is 5.84 Å². The number of nitrogens with zero attached hydrogens (tertiary/aromatic N) is 1. The monoisotopic (exact) mass is 210 g/mol. The van der Waals surface area contributed by atoms with Crippen LogP contribution in [0.15, 0.2) is 36.4 Å². The lowest BCUT2D eigenvalue weighted by Crippen LogP contribution is -2.07. The second kappa shape index (κ2) is 3.01. The molecule has 0 atom stereocenters. The third kappa shape index (κ3) is 1.01. The van der Waals surface area contributed by atoms with E-state index < -0.39 is 0 Å². The van der Waals surface area contributed by atoms with Crippen molar-refractivity contribution < 1.29 is 0 Å². The first-order valence-electron chi connectivity index (χ1n) is 5.44. The summed E-state index contributed by atoms with van der Waals surface area (Å²) in [5, 5.41) is 2.51. The number of rotatable bonds is 0. The topological polar surface area (TPSA) is 30.9 Å². The zero-order valence-electron chi connectivity index (χ0n) is 9.49. The summed E-state index contributed by atoms with van der Waals surface area (Å²) in [4.78, 5) is 0. The van der Waals surface area contributed by atoms with Gasteiger partial charge in [0.2, 0.25) is 0 Å². The lowest BCUT2D eigenvalue weighted by Gasteiger charge is -2.00. The van der Waals surface area contributed by atoms with Crippen LogP contribution in [-0.4, -0.2) is 4.68 Å². The first-order chi connectivity index (χ1) is 7.70. The van der Waals surface area contributed by atoms with Crippen molar-refractivity contribution in [2.45, 2.75) is 13.8 Å². The summed E-state index contributed by atoms with van der Waals surface area (Å²) in [5.74, 6) is 6.16. The van der Waals surface area contributed by atoms with Gasteiger partial charge in [-0.2, -0.15) is 0 Å².